The van der Waals surface area contributed by atoms with Crippen LogP contribution >= 0.6 is 0 Å². The molecular formula is C14H21NO. The Hall–Kier alpha value is -0.860. The number of benzene rings is 1. The standard InChI is InChI=1S/C14H21NO/c1-11(7-8-16)15-10-12-5-6-13-3-2-4-14(13)9-12/h5-6,9,11,15-16H,2-4,7-8,10H2,1H3. The quantitative estimate of drug-likeness (QED) is 0.794. The number of aliphatic hydroxyl groups is 1. The van der Waals surface area contributed by atoms with Gasteiger partial charge in [-0.25, -0.2) is 0 Å². The van der Waals surface area contributed by atoms with E-state index in [0.717, 1.165) is 13.0 Å². The van der Waals surface area contributed by atoms with E-state index in [4.69, 9.17) is 5.11 Å². The molecule has 1 atom stereocenters. The lowest BCUT2D eigenvalue weighted by Gasteiger charge is -2.13. The molecule has 2 rings (SSSR count). The summed E-state index contributed by atoms with van der Waals surface area (Å²) in [6, 6.07) is 7.22. The average molecular weight is 219 g/mol. The molecule has 0 heterocycles. The van der Waals surface area contributed by atoms with Crippen LogP contribution < -0.4 is 5.32 Å². The number of hydrogen-bond acceptors (Lipinski definition) is 2. The van der Waals surface area contributed by atoms with Gasteiger partial charge in [0, 0.05) is 19.2 Å². The van der Waals surface area contributed by atoms with Crippen molar-refractivity contribution in [3.63, 3.8) is 0 Å². The maximum Gasteiger partial charge on any atom is 0.0445 e. The van der Waals surface area contributed by atoms with E-state index >= 15 is 0 Å². The molecule has 0 saturated heterocycles. The second kappa shape index (κ2) is 5.46. The molecule has 2 N–H and O–H groups in total. The fourth-order valence-corrected chi connectivity index (χ4v) is 2.32. The zero-order chi connectivity index (χ0) is 11.4. The summed E-state index contributed by atoms with van der Waals surface area (Å²) in [5.74, 6) is 0. The maximum atomic E-state index is 8.82. The second-order valence-electron chi connectivity index (χ2n) is 4.75. The Morgan fingerprint density at radius 1 is 1.31 bits per heavy atom. The summed E-state index contributed by atoms with van der Waals surface area (Å²) in [5.41, 5.74) is 4.44. The van der Waals surface area contributed by atoms with Gasteiger partial charge in [-0.2, -0.15) is 0 Å². The van der Waals surface area contributed by atoms with Crippen LogP contribution in [0, 0.1) is 0 Å². The van der Waals surface area contributed by atoms with E-state index in [2.05, 4.69) is 30.4 Å². The summed E-state index contributed by atoms with van der Waals surface area (Å²) in [4.78, 5) is 0. The first-order chi connectivity index (χ1) is 7.79. The molecule has 0 aliphatic heterocycles. The van der Waals surface area contributed by atoms with Crippen LogP contribution in [0.5, 0.6) is 0 Å². The monoisotopic (exact) mass is 219 g/mol. The summed E-state index contributed by atoms with van der Waals surface area (Å²) in [6.07, 6.45) is 4.64. The van der Waals surface area contributed by atoms with Gasteiger partial charge >= 0.3 is 0 Å². The van der Waals surface area contributed by atoms with Crippen LogP contribution in [0.2, 0.25) is 0 Å². The van der Waals surface area contributed by atoms with E-state index in [0.29, 0.717) is 6.04 Å². The lowest BCUT2D eigenvalue weighted by Crippen LogP contribution is -2.26. The van der Waals surface area contributed by atoms with Crippen molar-refractivity contribution in [2.75, 3.05) is 6.61 Å². The van der Waals surface area contributed by atoms with E-state index in [1.165, 1.54) is 36.0 Å². The van der Waals surface area contributed by atoms with Gasteiger partial charge in [-0.05, 0) is 49.3 Å². The molecule has 16 heavy (non-hydrogen) atoms. The summed E-state index contributed by atoms with van der Waals surface area (Å²) in [7, 11) is 0. The predicted octanol–water partition coefficient (Wildman–Crippen LogP) is 2.04. The van der Waals surface area contributed by atoms with Gasteiger partial charge in [-0.3, -0.25) is 0 Å². The Morgan fingerprint density at radius 3 is 2.94 bits per heavy atom. The highest BCUT2D eigenvalue weighted by molar-refractivity contribution is 5.35. The van der Waals surface area contributed by atoms with Crippen LogP contribution in [-0.4, -0.2) is 17.8 Å². The van der Waals surface area contributed by atoms with Crippen LogP contribution in [0.25, 0.3) is 0 Å². The molecular weight excluding hydrogens is 198 g/mol. The van der Waals surface area contributed by atoms with Gasteiger partial charge in [0.05, 0.1) is 0 Å². The van der Waals surface area contributed by atoms with Crippen molar-refractivity contribution >= 4 is 0 Å². The minimum atomic E-state index is 0.262. The van der Waals surface area contributed by atoms with E-state index in [9.17, 15) is 0 Å². The zero-order valence-corrected chi connectivity index (χ0v) is 10.00. The molecule has 1 aliphatic carbocycles. The van der Waals surface area contributed by atoms with Gasteiger partial charge in [-0.1, -0.05) is 18.2 Å². The highest BCUT2D eigenvalue weighted by Gasteiger charge is 2.10. The second-order valence-corrected chi connectivity index (χ2v) is 4.75. The van der Waals surface area contributed by atoms with Crippen molar-refractivity contribution in [1.82, 2.24) is 5.32 Å². The summed E-state index contributed by atoms with van der Waals surface area (Å²) < 4.78 is 0. The number of fused-ring (bicyclic) bond motifs is 1. The first-order valence-corrected chi connectivity index (χ1v) is 6.24. The molecule has 2 heteroatoms. The molecule has 88 valence electrons. The van der Waals surface area contributed by atoms with E-state index in [1.54, 1.807) is 0 Å². The first-order valence-electron chi connectivity index (χ1n) is 6.24. The Labute approximate surface area is 97.7 Å². The third-order valence-electron chi connectivity index (χ3n) is 3.38. The van der Waals surface area contributed by atoms with Crippen molar-refractivity contribution in [3.8, 4) is 0 Å². The van der Waals surface area contributed by atoms with Crippen molar-refractivity contribution in [2.45, 2.75) is 45.2 Å². The van der Waals surface area contributed by atoms with Crippen LogP contribution in [0.4, 0.5) is 0 Å². The summed E-state index contributed by atoms with van der Waals surface area (Å²) in [6.45, 7) is 3.29. The molecule has 0 spiro atoms. The Bertz CT molecular complexity index is 349. The first kappa shape index (κ1) is 11.6. The molecule has 0 amide bonds. The fourth-order valence-electron chi connectivity index (χ4n) is 2.32. The van der Waals surface area contributed by atoms with Crippen LogP contribution in [-0.2, 0) is 19.4 Å². The van der Waals surface area contributed by atoms with Gasteiger partial charge in [0.1, 0.15) is 0 Å². The lowest BCUT2D eigenvalue weighted by molar-refractivity contribution is 0.268. The topological polar surface area (TPSA) is 32.3 Å². The molecule has 0 fully saturated rings. The van der Waals surface area contributed by atoms with Gasteiger partial charge < -0.3 is 10.4 Å². The molecule has 1 unspecified atom stereocenters. The summed E-state index contributed by atoms with van der Waals surface area (Å²) in [5, 5.41) is 12.3. The largest absolute Gasteiger partial charge is 0.396 e. The van der Waals surface area contributed by atoms with Crippen LogP contribution in [0.15, 0.2) is 18.2 Å². The number of hydrogen-bond donors (Lipinski definition) is 2. The van der Waals surface area contributed by atoms with Crippen LogP contribution in [0.3, 0.4) is 0 Å². The highest BCUT2D eigenvalue weighted by Crippen LogP contribution is 2.22. The van der Waals surface area contributed by atoms with Gasteiger partial charge in [-0.15, -0.1) is 0 Å². The van der Waals surface area contributed by atoms with Gasteiger partial charge in [0.15, 0.2) is 0 Å². The Morgan fingerprint density at radius 2 is 2.12 bits per heavy atom. The smallest absolute Gasteiger partial charge is 0.0445 e. The third kappa shape index (κ3) is 2.83. The number of nitrogens with one attached hydrogen (secondary N) is 1. The minimum absolute atomic E-state index is 0.262. The summed E-state index contributed by atoms with van der Waals surface area (Å²) >= 11 is 0. The zero-order valence-electron chi connectivity index (χ0n) is 10.00. The van der Waals surface area contributed by atoms with Crippen molar-refractivity contribution in [2.24, 2.45) is 0 Å². The number of aliphatic hydroxyl groups excluding tert-OH is 1. The molecule has 0 saturated carbocycles. The Kier molecular flexibility index (Phi) is 3.97. The average Bonchev–Trinajstić information content (AvgIpc) is 2.74. The maximum absolute atomic E-state index is 8.82. The SMILES string of the molecule is CC(CCO)NCc1ccc2c(c1)CCC2. The van der Waals surface area contributed by atoms with Crippen LogP contribution in [0.1, 0.15) is 36.5 Å². The van der Waals surface area contributed by atoms with E-state index in [1.807, 2.05) is 0 Å². The lowest BCUT2D eigenvalue weighted by atomic mass is 10.1. The third-order valence-corrected chi connectivity index (χ3v) is 3.38. The fraction of sp³-hybridized carbons (Fsp3) is 0.571. The molecule has 0 aromatic heterocycles. The highest BCUT2D eigenvalue weighted by atomic mass is 16.3. The van der Waals surface area contributed by atoms with Crippen molar-refractivity contribution in [1.29, 1.82) is 0 Å². The molecule has 0 radical (unpaired) electrons. The molecule has 1 aliphatic rings. The van der Waals surface area contributed by atoms with Crippen molar-refractivity contribution < 1.29 is 5.11 Å². The van der Waals surface area contributed by atoms with E-state index < -0.39 is 0 Å². The number of aryl methyl sites for hydroxylation is 2. The van der Waals surface area contributed by atoms with Gasteiger partial charge in [0.25, 0.3) is 0 Å². The normalized spacial score (nSPS) is 16.1. The minimum Gasteiger partial charge on any atom is -0.396 e. The van der Waals surface area contributed by atoms with Gasteiger partial charge in [0.2, 0.25) is 0 Å². The number of rotatable bonds is 5. The Balaban J connectivity index is 1.90. The van der Waals surface area contributed by atoms with Crippen molar-refractivity contribution in [3.05, 3.63) is 34.9 Å². The molecule has 0 bridgehead atoms. The van der Waals surface area contributed by atoms with E-state index in [-0.39, 0.29) is 6.61 Å². The molecule has 1 aromatic carbocycles. The molecule has 2 nitrogen and oxygen atoms in total. The molecule has 1 aromatic rings. The predicted molar refractivity (Wildman–Crippen MR) is 66.5 cm³/mol.